The summed E-state index contributed by atoms with van der Waals surface area (Å²) in [5, 5.41) is 2.26. The standard InChI is InChI=1S/C25H25N3O5/c1-14-12-25(2,3)27(4)19-7-5-15(9-17(14)19)10-18-22(29)26-24(31)28(23(18)30)16-6-8-20-21(11-16)33-13-32-20/h5-11,14H,12-13H2,1-4H3,(H,26,29,31)/b18-10+. The first kappa shape index (κ1) is 21.1. The molecule has 3 heterocycles. The summed E-state index contributed by atoms with van der Waals surface area (Å²) >= 11 is 0. The molecule has 2 aromatic carbocycles. The van der Waals surface area contributed by atoms with E-state index in [2.05, 4.69) is 38.0 Å². The van der Waals surface area contributed by atoms with Gasteiger partial charge in [0.25, 0.3) is 11.8 Å². The SMILES string of the molecule is CC1CC(C)(C)N(C)c2ccc(/C=C3\C(=O)NC(=O)N(c4ccc5c(c4)OCO5)C3=O)cc21. The third kappa shape index (κ3) is 3.42. The molecule has 3 aliphatic heterocycles. The van der Waals surface area contributed by atoms with Crippen molar-refractivity contribution in [2.45, 2.75) is 38.6 Å². The smallest absolute Gasteiger partial charge is 0.335 e. The Morgan fingerprint density at radius 3 is 2.61 bits per heavy atom. The molecule has 1 atom stereocenters. The first-order valence-corrected chi connectivity index (χ1v) is 10.8. The van der Waals surface area contributed by atoms with E-state index in [0.29, 0.717) is 23.1 Å². The molecule has 0 aliphatic carbocycles. The highest BCUT2D eigenvalue weighted by Crippen LogP contribution is 2.43. The molecule has 8 heteroatoms. The summed E-state index contributed by atoms with van der Waals surface area (Å²) in [5.41, 5.74) is 3.26. The van der Waals surface area contributed by atoms with Crippen LogP contribution in [0.5, 0.6) is 11.5 Å². The average Bonchev–Trinajstić information content (AvgIpc) is 3.23. The summed E-state index contributed by atoms with van der Waals surface area (Å²) in [6.45, 7) is 6.69. The van der Waals surface area contributed by atoms with Gasteiger partial charge in [-0.25, -0.2) is 9.69 Å². The zero-order chi connectivity index (χ0) is 23.5. The molecule has 1 fully saturated rings. The highest BCUT2D eigenvalue weighted by molar-refractivity contribution is 6.39. The van der Waals surface area contributed by atoms with E-state index in [1.807, 2.05) is 18.2 Å². The number of barbiturate groups is 1. The van der Waals surface area contributed by atoms with Crippen LogP contribution in [-0.4, -0.2) is 37.2 Å². The van der Waals surface area contributed by atoms with Gasteiger partial charge in [-0.15, -0.1) is 0 Å². The fourth-order valence-corrected chi connectivity index (χ4v) is 4.77. The first-order chi connectivity index (χ1) is 15.7. The number of hydrogen-bond donors (Lipinski definition) is 1. The van der Waals surface area contributed by atoms with Crippen LogP contribution in [0.25, 0.3) is 6.08 Å². The lowest BCUT2D eigenvalue weighted by molar-refractivity contribution is -0.122. The number of benzene rings is 2. The van der Waals surface area contributed by atoms with Crippen LogP contribution < -0.4 is 24.6 Å². The van der Waals surface area contributed by atoms with Crippen LogP contribution in [-0.2, 0) is 9.59 Å². The minimum Gasteiger partial charge on any atom is -0.454 e. The van der Waals surface area contributed by atoms with Gasteiger partial charge < -0.3 is 14.4 Å². The number of carbonyl (C=O) groups excluding carboxylic acids is 3. The van der Waals surface area contributed by atoms with Crippen molar-refractivity contribution in [3.8, 4) is 11.5 Å². The molecular weight excluding hydrogens is 422 g/mol. The van der Waals surface area contributed by atoms with Gasteiger partial charge in [0.15, 0.2) is 11.5 Å². The fourth-order valence-electron chi connectivity index (χ4n) is 4.77. The van der Waals surface area contributed by atoms with E-state index >= 15 is 0 Å². The molecule has 1 N–H and O–H groups in total. The molecule has 4 amide bonds. The molecule has 0 radical (unpaired) electrons. The van der Waals surface area contributed by atoms with Gasteiger partial charge in [-0.05, 0) is 67.7 Å². The predicted molar refractivity (Wildman–Crippen MR) is 124 cm³/mol. The van der Waals surface area contributed by atoms with Crippen LogP contribution in [0.15, 0.2) is 42.0 Å². The molecule has 0 aromatic heterocycles. The zero-order valence-electron chi connectivity index (χ0n) is 19.0. The lowest BCUT2D eigenvalue weighted by Gasteiger charge is -2.45. The van der Waals surface area contributed by atoms with Gasteiger partial charge in [0.2, 0.25) is 6.79 Å². The van der Waals surface area contributed by atoms with Crippen LogP contribution in [0.2, 0.25) is 0 Å². The van der Waals surface area contributed by atoms with Gasteiger partial charge in [0.1, 0.15) is 5.57 Å². The summed E-state index contributed by atoms with van der Waals surface area (Å²) in [6.07, 6.45) is 2.53. The van der Waals surface area contributed by atoms with Crippen molar-refractivity contribution in [2.75, 3.05) is 23.6 Å². The predicted octanol–water partition coefficient (Wildman–Crippen LogP) is 3.80. The van der Waals surface area contributed by atoms with Crippen molar-refractivity contribution in [1.29, 1.82) is 0 Å². The van der Waals surface area contributed by atoms with E-state index in [4.69, 9.17) is 9.47 Å². The highest BCUT2D eigenvalue weighted by atomic mass is 16.7. The largest absolute Gasteiger partial charge is 0.454 e. The normalized spacial score (nSPS) is 22.5. The summed E-state index contributed by atoms with van der Waals surface area (Å²) in [7, 11) is 2.08. The number of carbonyl (C=O) groups is 3. The maximum Gasteiger partial charge on any atom is 0.335 e. The van der Waals surface area contributed by atoms with E-state index in [0.717, 1.165) is 22.6 Å². The van der Waals surface area contributed by atoms with Gasteiger partial charge in [-0.2, -0.15) is 0 Å². The van der Waals surface area contributed by atoms with Crippen LogP contribution in [0, 0.1) is 0 Å². The molecule has 1 saturated heterocycles. The molecule has 0 bridgehead atoms. The van der Waals surface area contributed by atoms with E-state index in [9.17, 15) is 14.4 Å². The summed E-state index contributed by atoms with van der Waals surface area (Å²) in [6, 6.07) is 9.87. The second-order valence-electron chi connectivity index (χ2n) is 9.29. The number of rotatable bonds is 2. The lowest BCUT2D eigenvalue weighted by atomic mass is 9.80. The van der Waals surface area contributed by atoms with Gasteiger partial charge in [-0.3, -0.25) is 14.9 Å². The summed E-state index contributed by atoms with van der Waals surface area (Å²) < 4.78 is 10.6. The molecule has 3 aliphatic rings. The number of hydrogen-bond acceptors (Lipinski definition) is 6. The topological polar surface area (TPSA) is 88.2 Å². The lowest BCUT2D eigenvalue weighted by Crippen LogP contribution is -2.54. The summed E-state index contributed by atoms with van der Waals surface area (Å²) in [5.74, 6) is -0.108. The maximum absolute atomic E-state index is 13.2. The van der Waals surface area contributed by atoms with Gasteiger partial charge in [0.05, 0.1) is 5.69 Å². The van der Waals surface area contributed by atoms with Crippen LogP contribution in [0.4, 0.5) is 16.2 Å². The average molecular weight is 447 g/mol. The Bertz CT molecular complexity index is 1230. The van der Waals surface area contributed by atoms with E-state index in [1.54, 1.807) is 18.2 Å². The Kier molecular flexibility index (Phi) is 4.70. The number of fused-ring (bicyclic) bond motifs is 2. The second kappa shape index (κ2) is 7.37. The van der Waals surface area contributed by atoms with Crippen LogP contribution >= 0.6 is 0 Å². The van der Waals surface area contributed by atoms with E-state index in [-0.39, 0.29) is 17.9 Å². The molecule has 2 aromatic rings. The molecule has 170 valence electrons. The molecule has 0 saturated carbocycles. The van der Waals surface area contributed by atoms with Crippen molar-refractivity contribution in [3.63, 3.8) is 0 Å². The molecule has 5 rings (SSSR count). The van der Waals surface area contributed by atoms with Crippen LogP contribution in [0.1, 0.15) is 44.2 Å². The van der Waals surface area contributed by atoms with Crippen molar-refractivity contribution >= 4 is 35.3 Å². The zero-order valence-corrected chi connectivity index (χ0v) is 19.0. The van der Waals surface area contributed by atoms with Gasteiger partial charge in [-0.1, -0.05) is 13.0 Å². The van der Waals surface area contributed by atoms with Crippen molar-refractivity contribution in [1.82, 2.24) is 5.32 Å². The Labute approximate surface area is 191 Å². The Hall–Kier alpha value is -3.81. The molecule has 1 unspecified atom stereocenters. The fraction of sp³-hybridized carbons (Fsp3) is 0.320. The molecule has 33 heavy (non-hydrogen) atoms. The Morgan fingerprint density at radius 2 is 1.82 bits per heavy atom. The third-order valence-corrected chi connectivity index (χ3v) is 6.68. The first-order valence-electron chi connectivity index (χ1n) is 10.8. The summed E-state index contributed by atoms with van der Waals surface area (Å²) in [4.78, 5) is 41.5. The minimum atomic E-state index is -0.802. The quantitative estimate of drug-likeness (QED) is 0.557. The molecule has 8 nitrogen and oxygen atoms in total. The van der Waals surface area contributed by atoms with Crippen molar-refractivity contribution in [2.24, 2.45) is 0 Å². The highest BCUT2D eigenvalue weighted by Gasteiger charge is 2.38. The van der Waals surface area contributed by atoms with Crippen molar-refractivity contribution < 1.29 is 23.9 Å². The Balaban J connectivity index is 1.51. The number of anilines is 2. The Morgan fingerprint density at radius 1 is 1.06 bits per heavy atom. The number of imide groups is 2. The van der Waals surface area contributed by atoms with E-state index < -0.39 is 17.8 Å². The van der Waals surface area contributed by atoms with Crippen LogP contribution in [0.3, 0.4) is 0 Å². The number of nitrogens with zero attached hydrogens (tertiary/aromatic N) is 2. The number of ether oxygens (including phenoxy) is 2. The molecular formula is C25H25N3O5. The minimum absolute atomic E-state index is 0.0388. The monoisotopic (exact) mass is 447 g/mol. The maximum atomic E-state index is 13.2. The molecule has 0 spiro atoms. The van der Waals surface area contributed by atoms with Gasteiger partial charge >= 0.3 is 6.03 Å². The third-order valence-electron chi connectivity index (χ3n) is 6.68. The number of nitrogens with one attached hydrogen (secondary N) is 1. The second-order valence-corrected chi connectivity index (χ2v) is 9.29. The number of urea groups is 1. The van der Waals surface area contributed by atoms with Crippen molar-refractivity contribution in [3.05, 3.63) is 53.1 Å². The van der Waals surface area contributed by atoms with E-state index in [1.165, 1.54) is 11.6 Å². The number of amides is 4. The van der Waals surface area contributed by atoms with Gasteiger partial charge in [0, 0.05) is 24.3 Å².